The summed E-state index contributed by atoms with van der Waals surface area (Å²) in [4.78, 5) is 23.1. The number of hydrazone groups is 1. The van der Waals surface area contributed by atoms with E-state index in [0.29, 0.717) is 11.5 Å². The summed E-state index contributed by atoms with van der Waals surface area (Å²) in [5.74, 6) is 0.0897. The highest BCUT2D eigenvalue weighted by molar-refractivity contribution is 7.92. The van der Waals surface area contributed by atoms with Gasteiger partial charge in [0.25, 0.3) is 21.6 Å². The van der Waals surface area contributed by atoms with Crippen LogP contribution < -0.4 is 19.2 Å². The van der Waals surface area contributed by atoms with Crippen LogP contribution in [-0.2, 0) is 14.8 Å². The molecule has 3 aromatic carbocycles. The van der Waals surface area contributed by atoms with Crippen LogP contribution in [0, 0.1) is 10.1 Å². The molecule has 0 unspecified atom stereocenters. The molecular formula is C23H22N4O7S. The largest absolute Gasteiger partial charge is 0.497 e. The molecule has 12 heteroatoms. The van der Waals surface area contributed by atoms with Crippen molar-refractivity contribution in [2.24, 2.45) is 5.10 Å². The number of sulfonamides is 1. The van der Waals surface area contributed by atoms with Gasteiger partial charge in [0, 0.05) is 17.7 Å². The number of methoxy groups -OCH3 is 2. The van der Waals surface area contributed by atoms with Crippen molar-refractivity contribution in [3.05, 3.63) is 88.5 Å². The highest BCUT2D eigenvalue weighted by Gasteiger charge is 2.27. The first-order valence-electron chi connectivity index (χ1n) is 10.1. The molecule has 3 rings (SSSR count). The Morgan fingerprint density at radius 2 is 1.74 bits per heavy atom. The number of rotatable bonds is 10. The van der Waals surface area contributed by atoms with E-state index < -0.39 is 27.4 Å². The fourth-order valence-corrected chi connectivity index (χ4v) is 4.50. The van der Waals surface area contributed by atoms with Gasteiger partial charge in [-0.05, 0) is 42.5 Å². The van der Waals surface area contributed by atoms with Gasteiger partial charge in [-0.1, -0.05) is 18.2 Å². The van der Waals surface area contributed by atoms with Gasteiger partial charge in [0.1, 0.15) is 18.0 Å². The number of carbonyl (C=O) groups is 1. The fourth-order valence-electron chi connectivity index (χ4n) is 3.06. The molecular weight excluding hydrogens is 476 g/mol. The maximum atomic E-state index is 13.3. The normalized spacial score (nSPS) is 11.1. The number of nitro groups is 1. The predicted octanol–water partition coefficient (Wildman–Crippen LogP) is 2.96. The summed E-state index contributed by atoms with van der Waals surface area (Å²) < 4.78 is 37.8. The molecule has 0 aliphatic rings. The minimum Gasteiger partial charge on any atom is -0.497 e. The van der Waals surface area contributed by atoms with Crippen molar-refractivity contribution in [3.63, 3.8) is 0 Å². The SMILES string of the molecule is COc1ccc(N(CC(=O)NN=Cc2cc([N+](=O)[O-])ccc2OC)S(=O)(=O)c2ccccc2)cc1. The number of nitrogens with zero attached hydrogens (tertiary/aromatic N) is 3. The number of benzene rings is 3. The van der Waals surface area contributed by atoms with Gasteiger partial charge in [-0.15, -0.1) is 0 Å². The zero-order chi connectivity index (χ0) is 25.4. The third kappa shape index (κ3) is 6.12. The van der Waals surface area contributed by atoms with E-state index >= 15 is 0 Å². The predicted molar refractivity (Wildman–Crippen MR) is 129 cm³/mol. The van der Waals surface area contributed by atoms with Crippen molar-refractivity contribution in [3.8, 4) is 11.5 Å². The Labute approximate surface area is 201 Å². The van der Waals surface area contributed by atoms with Crippen LogP contribution in [0.1, 0.15) is 5.56 Å². The van der Waals surface area contributed by atoms with E-state index in [0.717, 1.165) is 4.31 Å². The summed E-state index contributed by atoms with van der Waals surface area (Å²) in [6.07, 6.45) is 1.17. The molecule has 1 amide bonds. The Hall–Kier alpha value is -4.45. The monoisotopic (exact) mass is 498 g/mol. The first kappa shape index (κ1) is 25.2. The number of carbonyl (C=O) groups excluding carboxylic acids is 1. The van der Waals surface area contributed by atoms with E-state index in [9.17, 15) is 23.3 Å². The zero-order valence-electron chi connectivity index (χ0n) is 18.8. The van der Waals surface area contributed by atoms with E-state index in [1.807, 2.05) is 0 Å². The van der Waals surface area contributed by atoms with Crippen LogP contribution >= 0.6 is 0 Å². The fraction of sp³-hybridized carbons (Fsp3) is 0.130. The maximum absolute atomic E-state index is 13.3. The Balaban J connectivity index is 1.84. The Bertz CT molecular complexity index is 1330. The molecule has 0 spiro atoms. The van der Waals surface area contributed by atoms with Crippen LogP contribution in [0.25, 0.3) is 0 Å². The number of nitro benzene ring substituents is 1. The quantitative estimate of drug-likeness (QED) is 0.257. The minimum atomic E-state index is -4.09. The Morgan fingerprint density at radius 1 is 1.06 bits per heavy atom. The van der Waals surface area contributed by atoms with Gasteiger partial charge in [-0.2, -0.15) is 5.10 Å². The van der Waals surface area contributed by atoms with Crippen LogP contribution in [0.4, 0.5) is 11.4 Å². The van der Waals surface area contributed by atoms with Crippen LogP contribution in [0.3, 0.4) is 0 Å². The number of amides is 1. The van der Waals surface area contributed by atoms with Gasteiger partial charge >= 0.3 is 0 Å². The lowest BCUT2D eigenvalue weighted by molar-refractivity contribution is -0.384. The molecule has 0 aliphatic carbocycles. The van der Waals surface area contributed by atoms with Gasteiger partial charge in [-0.3, -0.25) is 19.2 Å². The average molecular weight is 499 g/mol. The minimum absolute atomic E-state index is 0.00782. The summed E-state index contributed by atoms with van der Waals surface area (Å²) in [6.45, 7) is -0.576. The highest BCUT2D eigenvalue weighted by Crippen LogP contribution is 2.26. The zero-order valence-corrected chi connectivity index (χ0v) is 19.6. The lowest BCUT2D eigenvalue weighted by atomic mass is 10.2. The average Bonchev–Trinajstić information content (AvgIpc) is 2.87. The second kappa shape index (κ2) is 11.1. The number of ether oxygens (including phenoxy) is 2. The van der Waals surface area contributed by atoms with E-state index in [4.69, 9.17) is 9.47 Å². The van der Waals surface area contributed by atoms with E-state index in [1.165, 1.54) is 62.9 Å². The molecule has 11 nitrogen and oxygen atoms in total. The topological polar surface area (TPSA) is 140 Å². The lowest BCUT2D eigenvalue weighted by Crippen LogP contribution is -2.39. The third-order valence-electron chi connectivity index (χ3n) is 4.80. The van der Waals surface area contributed by atoms with Crippen LogP contribution in [-0.4, -0.2) is 46.2 Å². The standard InChI is InChI=1S/C23H22N4O7S/c1-33-20-11-8-18(9-12-20)26(35(31,32)21-6-4-3-5-7-21)16-23(28)25-24-15-17-14-19(27(29)30)10-13-22(17)34-2/h3-15H,16H2,1-2H3,(H,25,28). The van der Waals surface area contributed by atoms with E-state index in [1.54, 1.807) is 30.3 Å². The molecule has 3 aromatic rings. The molecule has 182 valence electrons. The van der Waals surface area contributed by atoms with Crippen molar-refractivity contribution < 1.29 is 27.6 Å². The van der Waals surface area contributed by atoms with Crippen LogP contribution in [0.15, 0.2) is 82.8 Å². The van der Waals surface area contributed by atoms with E-state index in [-0.39, 0.29) is 21.8 Å². The van der Waals surface area contributed by atoms with Gasteiger partial charge in [0.2, 0.25) is 0 Å². The van der Waals surface area contributed by atoms with Gasteiger partial charge in [0.05, 0.1) is 35.9 Å². The molecule has 0 aromatic heterocycles. The van der Waals surface area contributed by atoms with Gasteiger partial charge < -0.3 is 9.47 Å². The Kier molecular flexibility index (Phi) is 8.00. The summed E-state index contributed by atoms with van der Waals surface area (Å²) in [5.41, 5.74) is 2.57. The van der Waals surface area contributed by atoms with Crippen molar-refractivity contribution in [2.75, 3.05) is 25.1 Å². The molecule has 0 aliphatic heterocycles. The number of non-ortho nitro benzene ring substituents is 1. The van der Waals surface area contributed by atoms with Crippen molar-refractivity contribution in [2.45, 2.75) is 4.90 Å². The van der Waals surface area contributed by atoms with Crippen molar-refractivity contribution in [1.82, 2.24) is 5.43 Å². The van der Waals surface area contributed by atoms with Crippen LogP contribution in [0.5, 0.6) is 11.5 Å². The van der Waals surface area contributed by atoms with Crippen LogP contribution in [0.2, 0.25) is 0 Å². The number of hydrogen-bond donors (Lipinski definition) is 1. The van der Waals surface area contributed by atoms with Crippen molar-refractivity contribution >= 4 is 33.5 Å². The third-order valence-corrected chi connectivity index (χ3v) is 6.58. The van der Waals surface area contributed by atoms with Gasteiger partial charge in [-0.25, -0.2) is 13.8 Å². The first-order chi connectivity index (χ1) is 16.8. The molecule has 1 N–H and O–H groups in total. The summed E-state index contributed by atoms with van der Waals surface area (Å²) in [5, 5.41) is 14.8. The molecule has 0 bridgehead atoms. The second-order valence-electron chi connectivity index (χ2n) is 7.00. The van der Waals surface area contributed by atoms with Gasteiger partial charge in [0.15, 0.2) is 0 Å². The summed E-state index contributed by atoms with van der Waals surface area (Å²) in [6, 6.07) is 17.8. The summed E-state index contributed by atoms with van der Waals surface area (Å²) >= 11 is 0. The first-order valence-corrected chi connectivity index (χ1v) is 11.6. The smallest absolute Gasteiger partial charge is 0.270 e. The lowest BCUT2D eigenvalue weighted by Gasteiger charge is -2.23. The molecule has 0 saturated heterocycles. The number of nitrogens with one attached hydrogen (secondary N) is 1. The molecule has 0 saturated carbocycles. The second-order valence-corrected chi connectivity index (χ2v) is 8.86. The molecule has 0 atom stereocenters. The molecule has 0 fully saturated rings. The van der Waals surface area contributed by atoms with E-state index in [2.05, 4.69) is 10.5 Å². The highest BCUT2D eigenvalue weighted by atomic mass is 32.2. The number of hydrogen-bond acceptors (Lipinski definition) is 8. The molecule has 0 radical (unpaired) electrons. The van der Waals surface area contributed by atoms with Crippen molar-refractivity contribution in [1.29, 1.82) is 0 Å². The maximum Gasteiger partial charge on any atom is 0.270 e. The molecule has 35 heavy (non-hydrogen) atoms. The summed E-state index contributed by atoms with van der Waals surface area (Å²) in [7, 11) is -1.22. The Morgan fingerprint density at radius 3 is 2.34 bits per heavy atom. The number of anilines is 1. The molecule has 0 heterocycles.